The maximum Gasteiger partial charge on any atom is 0.223 e. The van der Waals surface area contributed by atoms with Gasteiger partial charge in [-0.2, -0.15) is 0 Å². The van der Waals surface area contributed by atoms with E-state index in [2.05, 4.69) is 24.1 Å². The van der Waals surface area contributed by atoms with E-state index < -0.39 is 0 Å². The van der Waals surface area contributed by atoms with E-state index in [0.29, 0.717) is 19.0 Å². The van der Waals surface area contributed by atoms with Gasteiger partial charge in [-0.25, -0.2) is 0 Å². The predicted molar refractivity (Wildman–Crippen MR) is 99.3 cm³/mol. The van der Waals surface area contributed by atoms with Crippen molar-refractivity contribution in [2.24, 2.45) is 0 Å². The molecule has 0 atom stereocenters. The van der Waals surface area contributed by atoms with Gasteiger partial charge in [-0.3, -0.25) is 14.6 Å². The molecule has 0 unspecified atom stereocenters. The number of anilines is 1. The molecule has 132 valence electrons. The SMILES string of the molecule is CC(=O)N(CCC(=O)NCc1cccnc1)c1ccccc1C(C)C. The molecule has 0 radical (unpaired) electrons. The molecular formula is C20H25N3O2. The van der Waals surface area contributed by atoms with Gasteiger partial charge in [0, 0.05) is 44.5 Å². The summed E-state index contributed by atoms with van der Waals surface area (Å²) in [7, 11) is 0. The average molecular weight is 339 g/mol. The highest BCUT2D eigenvalue weighted by molar-refractivity contribution is 5.93. The van der Waals surface area contributed by atoms with Crippen molar-refractivity contribution in [3.8, 4) is 0 Å². The molecule has 0 aliphatic carbocycles. The third-order valence-electron chi connectivity index (χ3n) is 4.00. The molecule has 0 fully saturated rings. The molecule has 0 bridgehead atoms. The number of hydrogen-bond acceptors (Lipinski definition) is 3. The van der Waals surface area contributed by atoms with E-state index in [-0.39, 0.29) is 18.2 Å². The smallest absolute Gasteiger partial charge is 0.223 e. The van der Waals surface area contributed by atoms with Crippen LogP contribution in [0.2, 0.25) is 0 Å². The molecule has 2 aromatic rings. The van der Waals surface area contributed by atoms with Gasteiger partial charge >= 0.3 is 0 Å². The number of nitrogens with zero attached hydrogens (tertiary/aromatic N) is 2. The Labute approximate surface area is 149 Å². The number of nitrogens with one attached hydrogen (secondary N) is 1. The Hall–Kier alpha value is -2.69. The lowest BCUT2D eigenvalue weighted by molar-refractivity contribution is -0.121. The monoisotopic (exact) mass is 339 g/mol. The number of hydrogen-bond donors (Lipinski definition) is 1. The zero-order chi connectivity index (χ0) is 18.2. The van der Waals surface area contributed by atoms with Crippen LogP contribution in [0.5, 0.6) is 0 Å². The summed E-state index contributed by atoms with van der Waals surface area (Å²) in [5.41, 5.74) is 2.93. The third-order valence-corrected chi connectivity index (χ3v) is 4.00. The minimum absolute atomic E-state index is 0.0619. The number of rotatable bonds is 7. The second-order valence-corrected chi connectivity index (χ2v) is 6.27. The number of amides is 2. The lowest BCUT2D eigenvalue weighted by atomic mass is 10.0. The lowest BCUT2D eigenvalue weighted by Gasteiger charge is -2.25. The topological polar surface area (TPSA) is 62.3 Å². The lowest BCUT2D eigenvalue weighted by Crippen LogP contribution is -2.34. The third kappa shape index (κ3) is 5.41. The van der Waals surface area contributed by atoms with E-state index in [0.717, 1.165) is 16.8 Å². The van der Waals surface area contributed by atoms with Crippen LogP contribution in [0.15, 0.2) is 48.8 Å². The quantitative estimate of drug-likeness (QED) is 0.842. The van der Waals surface area contributed by atoms with Crippen LogP contribution in [0, 0.1) is 0 Å². The van der Waals surface area contributed by atoms with Crippen molar-refractivity contribution in [2.45, 2.75) is 39.7 Å². The molecule has 2 rings (SSSR count). The molecule has 1 N–H and O–H groups in total. The van der Waals surface area contributed by atoms with Crippen molar-refractivity contribution in [2.75, 3.05) is 11.4 Å². The molecule has 25 heavy (non-hydrogen) atoms. The van der Waals surface area contributed by atoms with Crippen LogP contribution in [0.4, 0.5) is 5.69 Å². The highest BCUT2D eigenvalue weighted by Crippen LogP contribution is 2.27. The molecule has 0 aliphatic heterocycles. The second-order valence-electron chi connectivity index (χ2n) is 6.27. The predicted octanol–water partition coefficient (Wildman–Crippen LogP) is 3.26. The van der Waals surface area contributed by atoms with Gasteiger partial charge in [0.25, 0.3) is 0 Å². The largest absolute Gasteiger partial charge is 0.352 e. The minimum Gasteiger partial charge on any atom is -0.352 e. The van der Waals surface area contributed by atoms with Crippen LogP contribution in [0.3, 0.4) is 0 Å². The van der Waals surface area contributed by atoms with Gasteiger partial charge in [0.15, 0.2) is 0 Å². The molecular weight excluding hydrogens is 314 g/mol. The highest BCUT2D eigenvalue weighted by atomic mass is 16.2. The summed E-state index contributed by atoms with van der Waals surface area (Å²) in [5.74, 6) is 0.155. The number of carbonyl (C=O) groups is 2. The van der Waals surface area contributed by atoms with Gasteiger partial charge in [-0.1, -0.05) is 38.1 Å². The van der Waals surface area contributed by atoms with Crippen molar-refractivity contribution < 1.29 is 9.59 Å². The normalized spacial score (nSPS) is 10.6. The number of benzene rings is 1. The molecule has 5 heteroatoms. The Balaban J connectivity index is 1.98. The molecule has 0 aliphatic rings. The Morgan fingerprint density at radius 3 is 2.56 bits per heavy atom. The molecule has 5 nitrogen and oxygen atoms in total. The maximum atomic E-state index is 12.1. The molecule has 0 saturated carbocycles. The fraction of sp³-hybridized carbons (Fsp3) is 0.350. The van der Waals surface area contributed by atoms with Crippen molar-refractivity contribution >= 4 is 17.5 Å². The van der Waals surface area contributed by atoms with Crippen molar-refractivity contribution in [3.63, 3.8) is 0 Å². The molecule has 0 spiro atoms. The van der Waals surface area contributed by atoms with E-state index in [4.69, 9.17) is 0 Å². The van der Waals surface area contributed by atoms with Gasteiger partial charge in [-0.15, -0.1) is 0 Å². The fourth-order valence-electron chi connectivity index (χ4n) is 2.67. The number of aromatic nitrogens is 1. The number of carbonyl (C=O) groups excluding carboxylic acids is 2. The zero-order valence-electron chi connectivity index (χ0n) is 15.0. The Morgan fingerprint density at radius 1 is 1.16 bits per heavy atom. The van der Waals surface area contributed by atoms with Crippen LogP contribution >= 0.6 is 0 Å². The summed E-state index contributed by atoms with van der Waals surface area (Å²) in [6.07, 6.45) is 3.68. The maximum absolute atomic E-state index is 12.1. The summed E-state index contributed by atoms with van der Waals surface area (Å²) >= 11 is 0. The molecule has 1 heterocycles. The standard InChI is InChI=1S/C20H25N3O2/c1-15(2)18-8-4-5-9-19(18)23(16(3)24)12-10-20(25)22-14-17-7-6-11-21-13-17/h4-9,11,13,15H,10,12,14H2,1-3H3,(H,22,25). The fourth-order valence-corrected chi connectivity index (χ4v) is 2.67. The van der Waals surface area contributed by atoms with Crippen LogP contribution in [-0.2, 0) is 16.1 Å². The summed E-state index contributed by atoms with van der Waals surface area (Å²) in [6.45, 7) is 6.52. The van der Waals surface area contributed by atoms with Gasteiger partial charge in [0.1, 0.15) is 0 Å². The van der Waals surface area contributed by atoms with Gasteiger partial charge in [-0.05, 0) is 29.2 Å². The average Bonchev–Trinajstić information content (AvgIpc) is 2.61. The number of para-hydroxylation sites is 1. The minimum atomic E-state index is -0.0860. The van der Waals surface area contributed by atoms with Crippen LogP contribution in [-0.4, -0.2) is 23.3 Å². The van der Waals surface area contributed by atoms with Crippen molar-refractivity contribution in [3.05, 3.63) is 59.9 Å². The van der Waals surface area contributed by atoms with E-state index >= 15 is 0 Å². The van der Waals surface area contributed by atoms with Crippen molar-refractivity contribution in [1.29, 1.82) is 0 Å². The van der Waals surface area contributed by atoms with Crippen LogP contribution < -0.4 is 10.2 Å². The van der Waals surface area contributed by atoms with Crippen LogP contribution in [0.1, 0.15) is 44.2 Å². The van der Waals surface area contributed by atoms with Gasteiger partial charge < -0.3 is 10.2 Å². The summed E-state index contributed by atoms with van der Waals surface area (Å²) in [5, 5.41) is 2.87. The highest BCUT2D eigenvalue weighted by Gasteiger charge is 2.17. The second kappa shape index (κ2) is 8.97. The summed E-state index contributed by atoms with van der Waals surface area (Å²) in [6, 6.07) is 11.6. The first-order valence-corrected chi connectivity index (χ1v) is 8.51. The Morgan fingerprint density at radius 2 is 1.92 bits per heavy atom. The van der Waals surface area contributed by atoms with E-state index in [1.54, 1.807) is 17.3 Å². The van der Waals surface area contributed by atoms with Crippen molar-refractivity contribution in [1.82, 2.24) is 10.3 Å². The van der Waals surface area contributed by atoms with E-state index in [9.17, 15) is 9.59 Å². The first kappa shape index (κ1) is 18.6. The zero-order valence-corrected chi connectivity index (χ0v) is 15.0. The molecule has 1 aromatic heterocycles. The summed E-state index contributed by atoms with van der Waals surface area (Å²) in [4.78, 5) is 29.9. The summed E-state index contributed by atoms with van der Waals surface area (Å²) < 4.78 is 0. The first-order chi connectivity index (χ1) is 12.0. The van der Waals surface area contributed by atoms with E-state index in [1.807, 2.05) is 36.4 Å². The van der Waals surface area contributed by atoms with Gasteiger partial charge in [0.05, 0.1) is 0 Å². The molecule has 0 saturated heterocycles. The molecule has 1 aromatic carbocycles. The Kier molecular flexibility index (Phi) is 6.69. The van der Waals surface area contributed by atoms with Crippen LogP contribution in [0.25, 0.3) is 0 Å². The van der Waals surface area contributed by atoms with Gasteiger partial charge in [0.2, 0.25) is 11.8 Å². The number of pyridine rings is 1. The Bertz CT molecular complexity index is 714. The molecule has 2 amide bonds. The first-order valence-electron chi connectivity index (χ1n) is 8.51. The van der Waals surface area contributed by atoms with E-state index in [1.165, 1.54) is 6.92 Å².